The van der Waals surface area contributed by atoms with Crippen LogP contribution in [-0.2, 0) is 13.0 Å². The number of hydrogen-bond donors (Lipinski definition) is 2. The molecule has 0 atom stereocenters. The van der Waals surface area contributed by atoms with E-state index in [1.165, 1.54) is 5.56 Å². The molecule has 1 aliphatic heterocycles. The maximum Gasteiger partial charge on any atom is 0.255 e. The minimum atomic E-state index is -0.0555. The topological polar surface area (TPSA) is 54.0 Å². The third-order valence-corrected chi connectivity index (χ3v) is 4.32. The standard InChI is InChI=1S/C19H17N3O/c23-19(16-5-1-4-14-11-20-10-8-15(14)16)22-18-6-2-3-13-7-9-21-12-17(13)18/h1-7,9,12,20H,8,10-11H2,(H,22,23). The first kappa shape index (κ1) is 13.9. The first-order chi connectivity index (χ1) is 11.3. The van der Waals surface area contributed by atoms with Crippen LogP contribution in [-0.4, -0.2) is 17.4 Å². The van der Waals surface area contributed by atoms with Gasteiger partial charge in [-0.1, -0.05) is 24.3 Å². The number of rotatable bonds is 2. The maximum atomic E-state index is 12.8. The van der Waals surface area contributed by atoms with E-state index in [0.29, 0.717) is 0 Å². The highest BCUT2D eigenvalue weighted by molar-refractivity contribution is 6.09. The molecule has 3 aromatic rings. The van der Waals surface area contributed by atoms with E-state index in [4.69, 9.17) is 0 Å². The lowest BCUT2D eigenvalue weighted by atomic mass is 9.95. The van der Waals surface area contributed by atoms with Crippen molar-refractivity contribution in [3.8, 4) is 0 Å². The third kappa shape index (κ3) is 2.58. The molecule has 114 valence electrons. The number of anilines is 1. The van der Waals surface area contributed by atoms with Gasteiger partial charge in [-0.3, -0.25) is 9.78 Å². The fourth-order valence-corrected chi connectivity index (χ4v) is 3.16. The summed E-state index contributed by atoms with van der Waals surface area (Å²) in [7, 11) is 0. The largest absolute Gasteiger partial charge is 0.321 e. The van der Waals surface area contributed by atoms with Crippen LogP contribution in [0.25, 0.3) is 10.8 Å². The van der Waals surface area contributed by atoms with Crippen LogP contribution in [0.2, 0.25) is 0 Å². The number of carbonyl (C=O) groups excluding carboxylic acids is 1. The molecule has 0 spiro atoms. The smallest absolute Gasteiger partial charge is 0.255 e. The molecule has 2 N–H and O–H groups in total. The summed E-state index contributed by atoms with van der Waals surface area (Å²) in [6.07, 6.45) is 4.43. The molecular formula is C19H17N3O. The van der Waals surface area contributed by atoms with E-state index in [0.717, 1.165) is 47.1 Å². The Morgan fingerprint density at radius 2 is 2.04 bits per heavy atom. The number of nitrogens with zero attached hydrogens (tertiary/aromatic N) is 1. The molecule has 23 heavy (non-hydrogen) atoms. The van der Waals surface area contributed by atoms with Gasteiger partial charge in [-0.15, -0.1) is 0 Å². The molecule has 1 aliphatic rings. The summed E-state index contributed by atoms with van der Waals surface area (Å²) in [5.41, 5.74) is 3.93. The molecule has 0 fully saturated rings. The number of nitrogens with one attached hydrogen (secondary N) is 2. The molecule has 0 radical (unpaired) electrons. The van der Waals surface area contributed by atoms with Gasteiger partial charge in [0.2, 0.25) is 0 Å². The number of fused-ring (bicyclic) bond motifs is 2. The zero-order valence-corrected chi connectivity index (χ0v) is 12.7. The number of aromatic nitrogens is 1. The van der Waals surface area contributed by atoms with Crippen LogP contribution in [0.4, 0.5) is 5.69 Å². The third-order valence-electron chi connectivity index (χ3n) is 4.32. The molecule has 2 heterocycles. The van der Waals surface area contributed by atoms with Gasteiger partial charge in [0.1, 0.15) is 0 Å². The maximum absolute atomic E-state index is 12.8. The van der Waals surface area contributed by atoms with Crippen molar-refractivity contribution in [2.45, 2.75) is 13.0 Å². The first-order valence-corrected chi connectivity index (χ1v) is 7.78. The molecule has 4 heteroatoms. The lowest BCUT2D eigenvalue weighted by molar-refractivity contribution is 0.102. The first-order valence-electron chi connectivity index (χ1n) is 7.78. The van der Waals surface area contributed by atoms with E-state index in [9.17, 15) is 4.79 Å². The van der Waals surface area contributed by atoms with Gasteiger partial charge in [-0.25, -0.2) is 0 Å². The second-order valence-corrected chi connectivity index (χ2v) is 5.73. The van der Waals surface area contributed by atoms with Gasteiger partial charge in [-0.2, -0.15) is 0 Å². The summed E-state index contributed by atoms with van der Waals surface area (Å²) in [6, 6.07) is 13.8. The molecule has 0 saturated heterocycles. The Kier molecular flexibility index (Phi) is 3.52. The Balaban J connectivity index is 1.70. The van der Waals surface area contributed by atoms with Crippen molar-refractivity contribution in [3.63, 3.8) is 0 Å². The van der Waals surface area contributed by atoms with E-state index in [1.807, 2.05) is 36.4 Å². The number of benzene rings is 2. The monoisotopic (exact) mass is 303 g/mol. The number of amides is 1. The Hall–Kier alpha value is -2.72. The number of carbonyl (C=O) groups is 1. The minimum absolute atomic E-state index is 0.0555. The van der Waals surface area contributed by atoms with Gasteiger partial charge in [0.15, 0.2) is 0 Å². The summed E-state index contributed by atoms with van der Waals surface area (Å²) in [4.78, 5) is 16.9. The summed E-state index contributed by atoms with van der Waals surface area (Å²) in [5, 5.41) is 8.41. The van der Waals surface area contributed by atoms with E-state index < -0.39 is 0 Å². The van der Waals surface area contributed by atoms with Gasteiger partial charge in [0.25, 0.3) is 5.91 Å². The normalized spacial score (nSPS) is 13.6. The summed E-state index contributed by atoms with van der Waals surface area (Å²) < 4.78 is 0. The SMILES string of the molecule is O=C(Nc1cccc2ccncc12)c1cccc2c1CCNC2. The molecule has 2 aromatic carbocycles. The fraction of sp³-hybridized carbons (Fsp3) is 0.158. The molecule has 0 unspecified atom stereocenters. The van der Waals surface area contributed by atoms with Crippen LogP contribution >= 0.6 is 0 Å². The van der Waals surface area contributed by atoms with Gasteiger partial charge in [0, 0.05) is 29.9 Å². The predicted molar refractivity (Wildman–Crippen MR) is 91.5 cm³/mol. The fourth-order valence-electron chi connectivity index (χ4n) is 3.16. The highest BCUT2D eigenvalue weighted by Gasteiger charge is 2.17. The summed E-state index contributed by atoms with van der Waals surface area (Å²) >= 11 is 0. The molecular weight excluding hydrogens is 286 g/mol. The quantitative estimate of drug-likeness (QED) is 0.765. The van der Waals surface area contributed by atoms with E-state index in [1.54, 1.807) is 12.4 Å². The molecule has 4 rings (SSSR count). The number of hydrogen-bond acceptors (Lipinski definition) is 3. The zero-order valence-electron chi connectivity index (χ0n) is 12.7. The van der Waals surface area contributed by atoms with Gasteiger partial charge < -0.3 is 10.6 Å². The molecule has 0 bridgehead atoms. The van der Waals surface area contributed by atoms with Crippen molar-refractivity contribution < 1.29 is 4.79 Å². The zero-order chi connectivity index (χ0) is 15.6. The molecule has 1 amide bonds. The van der Waals surface area contributed by atoms with E-state index >= 15 is 0 Å². The van der Waals surface area contributed by atoms with Crippen molar-refractivity contribution in [1.82, 2.24) is 10.3 Å². The van der Waals surface area contributed by atoms with Gasteiger partial charge in [0.05, 0.1) is 5.69 Å². The van der Waals surface area contributed by atoms with Crippen LogP contribution in [0.5, 0.6) is 0 Å². The van der Waals surface area contributed by atoms with Crippen LogP contribution in [0.1, 0.15) is 21.5 Å². The van der Waals surface area contributed by atoms with Crippen LogP contribution in [0, 0.1) is 0 Å². The average molecular weight is 303 g/mol. The lowest BCUT2D eigenvalue weighted by Gasteiger charge is -2.20. The second-order valence-electron chi connectivity index (χ2n) is 5.73. The second kappa shape index (κ2) is 5.82. The van der Waals surface area contributed by atoms with E-state index in [2.05, 4.69) is 21.7 Å². The van der Waals surface area contributed by atoms with Crippen molar-refractivity contribution in [2.75, 3.05) is 11.9 Å². The highest BCUT2D eigenvalue weighted by Crippen LogP contribution is 2.24. The van der Waals surface area contributed by atoms with Gasteiger partial charge >= 0.3 is 0 Å². The van der Waals surface area contributed by atoms with Crippen molar-refractivity contribution in [3.05, 3.63) is 71.5 Å². The molecule has 0 aliphatic carbocycles. The Morgan fingerprint density at radius 1 is 1.13 bits per heavy atom. The highest BCUT2D eigenvalue weighted by atomic mass is 16.1. The van der Waals surface area contributed by atoms with E-state index in [-0.39, 0.29) is 5.91 Å². The molecule has 4 nitrogen and oxygen atoms in total. The summed E-state index contributed by atoms with van der Waals surface area (Å²) in [6.45, 7) is 1.74. The summed E-state index contributed by atoms with van der Waals surface area (Å²) in [5.74, 6) is -0.0555. The van der Waals surface area contributed by atoms with Gasteiger partial charge in [-0.05, 0) is 47.7 Å². The molecule has 1 aromatic heterocycles. The Bertz CT molecular complexity index is 883. The van der Waals surface area contributed by atoms with Crippen LogP contribution in [0.3, 0.4) is 0 Å². The molecule has 0 saturated carbocycles. The minimum Gasteiger partial charge on any atom is -0.321 e. The van der Waals surface area contributed by atoms with Crippen LogP contribution < -0.4 is 10.6 Å². The van der Waals surface area contributed by atoms with Crippen LogP contribution in [0.15, 0.2) is 54.9 Å². The average Bonchev–Trinajstić information content (AvgIpc) is 2.61. The van der Waals surface area contributed by atoms with Crippen molar-refractivity contribution >= 4 is 22.4 Å². The van der Waals surface area contributed by atoms with Crippen molar-refractivity contribution in [1.29, 1.82) is 0 Å². The number of pyridine rings is 1. The predicted octanol–water partition coefficient (Wildman–Crippen LogP) is 3.13. The lowest BCUT2D eigenvalue weighted by Crippen LogP contribution is -2.26. The Morgan fingerprint density at radius 3 is 3.00 bits per heavy atom. The Labute approximate surface area is 134 Å². The van der Waals surface area contributed by atoms with Crippen molar-refractivity contribution in [2.24, 2.45) is 0 Å².